The lowest BCUT2D eigenvalue weighted by Gasteiger charge is -2.11. The fourth-order valence-electron chi connectivity index (χ4n) is 0.504. The summed E-state index contributed by atoms with van der Waals surface area (Å²) in [7, 11) is 0. The van der Waals surface area contributed by atoms with E-state index in [1.54, 1.807) is 6.21 Å². The lowest BCUT2D eigenvalue weighted by atomic mass is 10.4. The number of nitrogens with one attached hydrogen (secondary N) is 1. The van der Waals surface area contributed by atoms with Gasteiger partial charge in [0, 0.05) is 11.9 Å². The number of hydrogen-bond donors (Lipinski definition) is 1. The molecule has 8 heavy (non-hydrogen) atoms. The highest BCUT2D eigenvalue weighted by Crippen LogP contribution is 2.00. The van der Waals surface area contributed by atoms with Crippen LogP contribution in [-0.4, -0.2) is 11.8 Å². The van der Waals surface area contributed by atoms with Gasteiger partial charge in [0.25, 0.3) is 0 Å². The number of rotatable bonds is 0. The van der Waals surface area contributed by atoms with E-state index in [2.05, 4.69) is 10.3 Å². The molecule has 1 aliphatic heterocycles. The Kier molecular flexibility index (Phi) is 1.53. The zero-order valence-corrected chi connectivity index (χ0v) is 5.31. The molecule has 0 aromatic heterocycles. The average molecular weight is 131 g/mol. The van der Waals surface area contributed by atoms with Crippen molar-refractivity contribution in [3.63, 3.8) is 0 Å². The van der Waals surface area contributed by atoms with Crippen molar-refractivity contribution >= 4 is 17.8 Å². The van der Waals surface area contributed by atoms with E-state index < -0.39 is 0 Å². The van der Waals surface area contributed by atoms with Crippen molar-refractivity contribution < 1.29 is 0 Å². The number of hydrogen-bond acceptors (Lipinski definition) is 2. The number of halogens is 1. The maximum Gasteiger partial charge on any atom is 0.195 e. The highest BCUT2D eigenvalue weighted by atomic mass is 35.5. The summed E-state index contributed by atoms with van der Waals surface area (Å²) in [4.78, 5) is 3.83. The summed E-state index contributed by atoms with van der Waals surface area (Å²) in [5.74, 6) is 0. The predicted molar refractivity (Wildman–Crippen MR) is 35.0 cm³/mol. The molecule has 0 fully saturated rings. The van der Waals surface area contributed by atoms with Crippen LogP contribution in [0, 0.1) is 0 Å². The van der Waals surface area contributed by atoms with Gasteiger partial charge in [0.15, 0.2) is 5.62 Å². The smallest absolute Gasteiger partial charge is 0.195 e. The topological polar surface area (TPSA) is 24.4 Å². The van der Waals surface area contributed by atoms with Gasteiger partial charge in [-0.2, -0.15) is 0 Å². The quantitative estimate of drug-likeness (QED) is 0.385. The summed E-state index contributed by atoms with van der Waals surface area (Å²) in [6, 6.07) is 0. The van der Waals surface area contributed by atoms with Gasteiger partial charge in [0.1, 0.15) is 0 Å². The van der Waals surface area contributed by atoms with Gasteiger partial charge < -0.3 is 5.32 Å². The summed E-state index contributed by atoms with van der Waals surface area (Å²) in [5.41, 5.74) is 0.792. The summed E-state index contributed by atoms with van der Waals surface area (Å²) in [6.07, 6.45) is 3.57. The summed E-state index contributed by atoms with van der Waals surface area (Å²) in [5, 5.41) is 2.91. The first-order chi connectivity index (χ1) is 3.79. The molecule has 0 radical (unpaired) electrons. The van der Waals surface area contributed by atoms with Crippen molar-refractivity contribution in [1.82, 2.24) is 5.32 Å². The first-order valence-corrected chi connectivity index (χ1v) is 2.83. The fourth-order valence-corrected chi connectivity index (χ4v) is 0.741. The lowest BCUT2D eigenvalue weighted by molar-refractivity contribution is 0.758. The Labute approximate surface area is 53.3 Å². The maximum absolute atomic E-state index is 5.56. The highest BCUT2D eigenvalue weighted by Gasteiger charge is 2.00. The molecule has 1 N–H and O–H groups in total. The van der Waals surface area contributed by atoms with Crippen LogP contribution in [0.3, 0.4) is 0 Å². The summed E-state index contributed by atoms with van der Waals surface area (Å²) < 4.78 is 0. The van der Waals surface area contributed by atoms with Crippen molar-refractivity contribution in [2.45, 2.75) is 12.5 Å². The van der Waals surface area contributed by atoms with Crippen LogP contribution in [0.1, 0.15) is 6.92 Å². The van der Waals surface area contributed by atoms with Crippen LogP contribution >= 0.6 is 11.6 Å². The second-order valence-electron chi connectivity index (χ2n) is 1.63. The van der Waals surface area contributed by atoms with Crippen molar-refractivity contribution in [3.05, 3.63) is 11.8 Å². The third-order valence-corrected chi connectivity index (χ3v) is 1.11. The van der Waals surface area contributed by atoms with Crippen LogP contribution in [0.25, 0.3) is 0 Å². The van der Waals surface area contributed by atoms with E-state index in [1.807, 2.05) is 13.0 Å². The van der Waals surface area contributed by atoms with E-state index in [0.29, 0.717) is 0 Å². The zero-order valence-electron chi connectivity index (χ0n) is 4.56. The van der Waals surface area contributed by atoms with Crippen molar-refractivity contribution in [3.8, 4) is 0 Å². The van der Waals surface area contributed by atoms with E-state index in [1.165, 1.54) is 0 Å². The molecular formula is C5H7ClN2. The van der Waals surface area contributed by atoms with Crippen molar-refractivity contribution in [2.75, 3.05) is 0 Å². The minimum atomic E-state index is -0.264. The molecule has 0 aliphatic carbocycles. The molecule has 0 amide bonds. The van der Waals surface area contributed by atoms with E-state index in [0.717, 1.165) is 5.70 Å². The van der Waals surface area contributed by atoms with Gasteiger partial charge in [-0.25, -0.2) is 0 Å². The molecule has 1 aliphatic rings. The SMILES string of the molecule is CC1=CC=NC(Cl)N1. The highest BCUT2D eigenvalue weighted by molar-refractivity contribution is 6.20. The van der Waals surface area contributed by atoms with Crippen LogP contribution in [-0.2, 0) is 0 Å². The standard InChI is InChI=1S/C5H7ClN2/c1-4-2-3-7-5(6)8-4/h2-3,5,8H,1H3. The Morgan fingerprint density at radius 3 is 3.00 bits per heavy atom. The van der Waals surface area contributed by atoms with E-state index in [9.17, 15) is 0 Å². The van der Waals surface area contributed by atoms with Crippen LogP contribution < -0.4 is 5.32 Å². The molecule has 44 valence electrons. The largest absolute Gasteiger partial charge is 0.355 e. The van der Waals surface area contributed by atoms with Crippen LogP contribution in [0.15, 0.2) is 16.8 Å². The van der Waals surface area contributed by atoms with Gasteiger partial charge in [-0.3, -0.25) is 4.99 Å². The van der Waals surface area contributed by atoms with E-state index in [-0.39, 0.29) is 5.62 Å². The Morgan fingerprint density at radius 1 is 1.88 bits per heavy atom. The average Bonchev–Trinajstić information content (AvgIpc) is 1.64. The molecule has 0 aromatic rings. The summed E-state index contributed by atoms with van der Waals surface area (Å²) >= 11 is 5.56. The molecule has 1 heterocycles. The Bertz CT molecular complexity index is 139. The molecule has 1 rings (SSSR count). The molecular weight excluding hydrogens is 124 g/mol. The van der Waals surface area contributed by atoms with Gasteiger partial charge in [-0.05, 0) is 13.0 Å². The third-order valence-electron chi connectivity index (χ3n) is 0.888. The first-order valence-electron chi connectivity index (χ1n) is 2.40. The second kappa shape index (κ2) is 2.18. The Balaban J connectivity index is 2.59. The lowest BCUT2D eigenvalue weighted by Crippen LogP contribution is -2.22. The maximum atomic E-state index is 5.56. The van der Waals surface area contributed by atoms with Crippen LogP contribution in [0.4, 0.5) is 0 Å². The Morgan fingerprint density at radius 2 is 2.62 bits per heavy atom. The normalized spacial score (nSPS) is 26.8. The van der Waals surface area contributed by atoms with E-state index >= 15 is 0 Å². The van der Waals surface area contributed by atoms with Crippen LogP contribution in [0.5, 0.6) is 0 Å². The minimum Gasteiger partial charge on any atom is -0.355 e. The zero-order chi connectivity index (χ0) is 5.98. The molecule has 0 bridgehead atoms. The van der Waals surface area contributed by atoms with Gasteiger partial charge in [0.2, 0.25) is 0 Å². The Hall–Kier alpha value is -0.500. The van der Waals surface area contributed by atoms with Gasteiger partial charge in [0.05, 0.1) is 0 Å². The monoisotopic (exact) mass is 130 g/mol. The molecule has 0 saturated heterocycles. The van der Waals surface area contributed by atoms with Crippen molar-refractivity contribution in [2.24, 2.45) is 4.99 Å². The first kappa shape index (κ1) is 5.63. The molecule has 1 unspecified atom stereocenters. The molecule has 0 aromatic carbocycles. The number of aliphatic imine (C=N–C) groups is 1. The van der Waals surface area contributed by atoms with Crippen LogP contribution in [0.2, 0.25) is 0 Å². The van der Waals surface area contributed by atoms with E-state index in [4.69, 9.17) is 11.6 Å². The van der Waals surface area contributed by atoms with Gasteiger partial charge in [-0.1, -0.05) is 11.6 Å². The van der Waals surface area contributed by atoms with Gasteiger partial charge >= 0.3 is 0 Å². The minimum absolute atomic E-state index is 0.264. The molecule has 0 spiro atoms. The van der Waals surface area contributed by atoms with Crippen molar-refractivity contribution in [1.29, 1.82) is 0 Å². The third kappa shape index (κ3) is 1.23. The molecule has 2 nitrogen and oxygen atoms in total. The number of alkyl halides is 1. The number of allylic oxidation sites excluding steroid dienone is 2. The number of nitrogens with zero attached hydrogens (tertiary/aromatic N) is 1. The fraction of sp³-hybridized carbons (Fsp3) is 0.400. The summed E-state index contributed by atoms with van der Waals surface area (Å²) in [6.45, 7) is 1.94. The molecule has 1 atom stereocenters. The molecule has 3 heteroatoms. The predicted octanol–water partition coefficient (Wildman–Crippen LogP) is 1.09. The second-order valence-corrected chi connectivity index (χ2v) is 2.04. The van der Waals surface area contributed by atoms with Gasteiger partial charge in [-0.15, -0.1) is 0 Å². The molecule has 0 saturated carbocycles.